The van der Waals surface area contributed by atoms with E-state index >= 15 is 0 Å². The number of aryl methyl sites for hydroxylation is 1. The maximum Gasteiger partial charge on any atom is 0.511 e. The first-order valence-corrected chi connectivity index (χ1v) is 33.8. The third-order valence-corrected chi connectivity index (χ3v) is 12.2. The van der Waals surface area contributed by atoms with Crippen LogP contribution in [0.3, 0.4) is 0 Å². The molecule has 0 aliphatic heterocycles. The van der Waals surface area contributed by atoms with Gasteiger partial charge in [-0.15, -0.1) is 0 Å². The quantitative estimate of drug-likeness (QED) is 0.116. The van der Waals surface area contributed by atoms with Gasteiger partial charge in [-0.2, -0.15) is 13.2 Å². The molecule has 2 rings (SSSR count). The Balaban J connectivity index is -0.000000131. The highest BCUT2D eigenvalue weighted by molar-refractivity contribution is 7.91. The molecule has 2 aromatic rings. The van der Waals surface area contributed by atoms with E-state index in [1.165, 1.54) is 47.0 Å². The van der Waals surface area contributed by atoms with Crippen LogP contribution in [0.25, 0.3) is 0 Å². The molecule has 70 heavy (non-hydrogen) atoms. The standard InChI is InChI=1S/C8H9NO3S.C8H11NO2S.C3H7NO3S.C2H4F3NO2S.C2H8NO2P.2C2H7NO2S.CH6NO2P.CH5NO2S/c1-7(10)9-13(11,12)8-5-3-2-4-6-8;1-7-5-3-4-6-8(7)12(10,11)9-2;1-3(5)4-8(2,6)7;1-6-9(7,8)2(3,4)5;3*1-3-6(2,4)5;2*1-5(2,3)4/h2-6H,1H3,(H,9,10);3-6,9H,1-2H3;1-2H3,(H,4,5);6H,1H3;1-2H3,(H2,3,4,5);2*3H,1-2H3;1H3,(H3,2,3,4);1H3,(H2,2,3,4). The zero-order valence-corrected chi connectivity index (χ0v) is 47.5. The molecule has 0 heterocycles. The number of amides is 2. The molecule has 0 radical (unpaired) electrons. The van der Waals surface area contributed by atoms with Gasteiger partial charge in [-0.3, -0.25) is 28.9 Å². The van der Waals surface area contributed by atoms with E-state index in [0.29, 0.717) is 11.9 Å². The van der Waals surface area contributed by atoms with Crippen molar-refractivity contribution in [3.05, 3.63) is 60.2 Å². The zero-order valence-electron chi connectivity index (χ0n) is 40.0. The van der Waals surface area contributed by atoms with Gasteiger partial charge in [0, 0.05) is 27.2 Å². The fraction of sp³-hybridized carbons (Fsp3) is 0.517. The second kappa shape index (κ2) is 35.9. The van der Waals surface area contributed by atoms with Gasteiger partial charge in [0.1, 0.15) is 0 Å². The lowest BCUT2D eigenvalue weighted by molar-refractivity contribution is -0.118. The van der Waals surface area contributed by atoms with Crippen molar-refractivity contribution in [2.45, 2.75) is 36.1 Å². The molecule has 0 aromatic heterocycles. The minimum atomic E-state index is -5.19. The number of hydrogen-bond acceptors (Lipinski definition) is 18. The minimum Gasteiger partial charge on any atom is -0.334 e. The summed E-state index contributed by atoms with van der Waals surface area (Å²) in [6.07, 6.45) is 4.07. The van der Waals surface area contributed by atoms with E-state index in [1.807, 2.05) is 10.8 Å². The van der Waals surface area contributed by atoms with Gasteiger partial charge < -0.3 is 9.79 Å². The van der Waals surface area contributed by atoms with Gasteiger partial charge >= 0.3 is 15.5 Å². The highest BCUT2D eigenvalue weighted by Gasteiger charge is 2.44. The van der Waals surface area contributed by atoms with Crippen molar-refractivity contribution in [1.82, 2.24) is 33.4 Å². The van der Waals surface area contributed by atoms with Crippen LogP contribution in [-0.2, 0) is 88.9 Å². The molecule has 0 saturated heterocycles. The fourth-order valence-corrected chi connectivity index (χ4v) is 4.93. The van der Waals surface area contributed by atoms with Gasteiger partial charge in [-0.1, -0.05) is 36.4 Å². The average Bonchev–Trinajstić information content (AvgIpc) is 3.13. The molecule has 2 unspecified atom stereocenters. The number of halogens is 3. The van der Waals surface area contributed by atoms with Crippen molar-refractivity contribution < 1.29 is 101 Å². The van der Waals surface area contributed by atoms with Crippen LogP contribution in [0, 0.1) is 6.92 Å². The van der Waals surface area contributed by atoms with Crippen LogP contribution >= 0.6 is 15.0 Å². The Labute approximate surface area is 409 Å². The zero-order chi connectivity index (χ0) is 58.2. The Morgan fingerprint density at radius 3 is 1.03 bits per heavy atom. The van der Waals surface area contributed by atoms with Gasteiger partial charge in [0.15, 0.2) is 0 Å². The fourth-order valence-electron chi connectivity index (χ4n) is 2.19. The molecule has 0 saturated carbocycles. The topological polar surface area (TPSA) is 484 Å². The lowest BCUT2D eigenvalue weighted by Gasteiger charge is -2.04. The van der Waals surface area contributed by atoms with E-state index < -0.39 is 103 Å². The van der Waals surface area contributed by atoms with Crippen LogP contribution < -0.4 is 44.1 Å². The number of hydrogen-bond donors (Lipinski definition) is 11. The van der Waals surface area contributed by atoms with Crippen LogP contribution in [0.4, 0.5) is 13.2 Å². The molecule has 13 N–H and O–H groups in total. The lowest BCUT2D eigenvalue weighted by atomic mass is 10.2. The summed E-state index contributed by atoms with van der Waals surface area (Å²) in [6.45, 7) is 6.38. The molecule has 2 aromatic carbocycles. The van der Waals surface area contributed by atoms with Crippen molar-refractivity contribution >= 4 is 97.0 Å². The monoisotopic (exact) mass is 1200 g/mol. The Morgan fingerprint density at radius 2 is 0.857 bits per heavy atom. The van der Waals surface area contributed by atoms with E-state index in [0.717, 1.165) is 55.8 Å². The summed E-state index contributed by atoms with van der Waals surface area (Å²) in [4.78, 5) is 37.1. The predicted octanol–water partition coefficient (Wildman–Crippen LogP) is -2.43. The Bertz CT molecular complexity index is 2720. The van der Waals surface area contributed by atoms with Crippen LogP contribution in [0.1, 0.15) is 19.4 Å². The summed E-state index contributed by atoms with van der Waals surface area (Å²) in [6, 6.07) is 14.6. The molecule has 0 fully saturated rings. The van der Waals surface area contributed by atoms with Crippen LogP contribution in [0.5, 0.6) is 0 Å². The number of carbonyl (C=O) groups is 2. The molecule has 41 heteroatoms. The number of nitrogens with two attached hydrogens (primary N) is 2. The van der Waals surface area contributed by atoms with Crippen molar-refractivity contribution in [2.75, 3.05) is 73.6 Å². The molecule has 2 atom stereocenters. The smallest absolute Gasteiger partial charge is 0.334 e. The molecule has 0 aliphatic carbocycles. The maximum atomic E-state index is 11.3. The normalized spacial score (nSPS) is 13.0. The maximum absolute atomic E-state index is 11.3. The van der Waals surface area contributed by atoms with Crippen molar-refractivity contribution in [1.29, 1.82) is 0 Å². The number of rotatable bonds is 9. The van der Waals surface area contributed by atoms with E-state index in [9.17, 15) is 90.8 Å². The summed E-state index contributed by atoms with van der Waals surface area (Å²) >= 11 is 0. The highest BCUT2D eigenvalue weighted by atomic mass is 32.2. The summed E-state index contributed by atoms with van der Waals surface area (Å²) in [5.41, 5.74) is 0.0289. The van der Waals surface area contributed by atoms with Gasteiger partial charge in [0.25, 0.3) is 25.1 Å². The largest absolute Gasteiger partial charge is 0.511 e. The Hall–Kier alpha value is -3.08. The summed E-state index contributed by atoms with van der Waals surface area (Å²) in [5.74, 6) is -1.16. The third kappa shape index (κ3) is 69.2. The first kappa shape index (κ1) is 81.0. The minimum absolute atomic E-state index is 0.0881. The molecule has 0 aliphatic rings. The van der Waals surface area contributed by atoms with Gasteiger partial charge in [-0.05, 0) is 65.9 Å². The second-order valence-corrected chi connectivity index (χ2v) is 29.2. The highest BCUT2D eigenvalue weighted by Crippen LogP contribution is 2.26. The second-order valence-electron chi connectivity index (χ2n) is 12.4. The molecule has 2 amide bonds. The summed E-state index contributed by atoms with van der Waals surface area (Å²) < 4.78 is 208. The predicted molar refractivity (Wildman–Crippen MR) is 259 cm³/mol. The number of primary sulfonamides is 1. The number of sulfonamides is 7. The van der Waals surface area contributed by atoms with Crippen molar-refractivity contribution in [3.63, 3.8) is 0 Å². The molecule has 418 valence electrons. The van der Waals surface area contributed by atoms with Crippen LogP contribution in [-0.4, -0.2) is 160 Å². The van der Waals surface area contributed by atoms with E-state index in [1.54, 1.807) is 48.0 Å². The molecule has 29 nitrogen and oxygen atoms in total. The van der Waals surface area contributed by atoms with Crippen molar-refractivity contribution in [3.8, 4) is 0 Å². The first-order valence-electron chi connectivity index (χ1n) is 17.4. The molecule has 0 spiro atoms. The number of benzene rings is 2. The van der Waals surface area contributed by atoms with Gasteiger partial charge in [0.2, 0.25) is 61.9 Å². The summed E-state index contributed by atoms with van der Waals surface area (Å²) in [7, 11) is -24.1. The summed E-state index contributed by atoms with van der Waals surface area (Å²) in [5, 5.41) is 6.54. The van der Waals surface area contributed by atoms with E-state index in [2.05, 4.69) is 29.9 Å². The first-order chi connectivity index (χ1) is 30.5. The van der Waals surface area contributed by atoms with Crippen molar-refractivity contribution in [2.24, 2.45) is 10.6 Å². The van der Waals surface area contributed by atoms with E-state index in [4.69, 9.17) is 9.79 Å². The Morgan fingerprint density at radius 1 is 0.571 bits per heavy atom. The Kier molecular flexibility index (Phi) is 41.6. The SMILES string of the molecule is CC(=O)NS(=O)(=O)c1ccccc1.CC(=O)NS(C)(=O)=O.CNP(C)(=O)O.CNS(=O)(=O)C(F)(F)F.CNS(=O)(=O)c1ccccc1C.CNS(C)(=O)=O.CNS(C)(=O)=O.CP(N)(=O)O.CS(N)(=O)=O. The molecular weight excluding hydrogens is 1140 g/mol. The number of alkyl halides is 3. The van der Waals surface area contributed by atoms with Gasteiger partial charge in [0.05, 0.1) is 34.8 Å². The third-order valence-electron chi connectivity index (χ3n) is 5.04. The molecule has 0 bridgehead atoms. The van der Waals surface area contributed by atoms with Gasteiger partial charge in [-0.25, -0.2) is 92.8 Å². The lowest BCUT2D eigenvalue weighted by Crippen LogP contribution is -2.33. The van der Waals surface area contributed by atoms with Crippen LogP contribution in [0.15, 0.2) is 64.4 Å². The number of carbonyl (C=O) groups excluding carboxylic acids is 2. The molecular formula is C29H64F3N9O20P2S7. The van der Waals surface area contributed by atoms with Crippen LogP contribution in [0.2, 0.25) is 0 Å². The number of nitrogens with one attached hydrogen (secondary N) is 7. The van der Waals surface area contributed by atoms with E-state index in [-0.39, 0.29) is 4.90 Å². The average molecular weight is 1200 g/mol.